The maximum Gasteiger partial charge on any atom is 0.254 e. The van der Waals surface area contributed by atoms with Gasteiger partial charge in [0, 0.05) is 12.2 Å². The molecule has 0 radical (unpaired) electrons. The predicted molar refractivity (Wildman–Crippen MR) is 110 cm³/mol. The van der Waals surface area contributed by atoms with E-state index in [4.69, 9.17) is 21.7 Å². The fraction of sp³-hybridized carbons (Fsp3) is 0.350. The first-order chi connectivity index (χ1) is 13.3. The van der Waals surface area contributed by atoms with Crippen molar-refractivity contribution in [3.8, 4) is 11.5 Å². The van der Waals surface area contributed by atoms with Gasteiger partial charge in [0.15, 0.2) is 0 Å². The Bertz CT molecular complexity index is 924. The third-order valence-electron chi connectivity index (χ3n) is 4.21. The van der Waals surface area contributed by atoms with Crippen LogP contribution in [0.5, 0.6) is 11.5 Å². The lowest BCUT2D eigenvalue weighted by atomic mass is 10.1. The van der Waals surface area contributed by atoms with E-state index >= 15 is 0 Å². The van der Waals surface area contributed by atoms with Crippen LogP contribution < -0.4 is 20.1 Å². The Hall–Kier alpha value is -2.87. The van der Waals surface area contributed by atoms with Gasteiger partial charge in [-0.25, -0.2) is 0 Å². The largest absolute Gasteiger partial charge is 0.497 e. The minimum atomic E-state index is -0.372. The Labute approximate surface area is 169 Å². The van der Waals surface area contributed by atoms with Gasteiger partial charge in [0.05, 0.1) is 26.3 Å². The first-order valence-electron chi connectivity index (χ1n) is 8.82. The highest BCUT2D eigenvalue weighted by molar-refractivity contribution is 7.71. The van der Waals surface area contributed by atoms with Crippen molar-refractivity contribution >= 4 is 24.0 Å². The molecule has 28 heavy (non-hydrogen) atoms. The topological polar surface area (TPSA) is 92.4 Å². The fourth-order valence-electron chi connectivity index (χ4n) is 2.86. The molecule has 0 bridgehead atoms. The molecule has 0 saturated heterocycles. The minimum absolute atomic E-state index is 0.129. The summed E-state index contributed by atoms with van der Waals surface area (Å²) in [7, 11) is 3.19. The Morgan fingerprint density at radius 3 is 2.50 bits per heavy atom. The van der Waals surface area contributed by atoms with Gasteiger partial charge in [-0.2, -0.15) is 0 Å². The molecule has 2 aromatic rings. The lowest BCUT2D eigenvalue weighted by Gasteiger charge is -2.12. The molecule has 7 nitrogen and oxygen atoms in total. The second-order valence-corrected chi connectivity index (χ2v) is 6.71. The van der Waals surface area contributed by atoms with Crippen LogP contribution in [0.25, 0.3) is 0 Å². The van der Waals surface area contributed by atoms with E-state index in [1.54, 1.807) is 14.2 Å². The quantitative estimate of drug-likeness (QED) is 0.589. The van der Waals surface area contributed by atoms with Crippen LogP contribution in [0.4, 0.5) is 0 Å². The van der Waals surface area contributed by atoms with Crippen LogP contribution in [0.3, 0.4) is 0 Å². The van der Waals surface area contributed by atoms with Crippen molar-refractivity contribution in [3.05, 3.63) is 51.3 Å². The number of nitrogens with one attached hydrogen (secondary N) is 3. The molecule has 0 aliphatic rings. The van der Waals surface area contributed by atoms with E-state index in [0.717, 1.165) is 28.3 Å². The molecule has 0 aliphatic carbocycles. The number of aromatic nitrogens is 1. The average molecular weight is 404 g/mol. The smallest absolute Gasteiger partial charge is 0.254 e. The predicted octanol–water partition coefficient (Wildman–Crippen LogP) is 2.47. The number of hydrogen-bond donors (Lipinski definition) is 3. The van der Waals surface area contributed by atoms with Crippen molar-refractivity contribution in [2.75, 3.05) is 27.3 Å². The second-order valence-electron chi connectivity index (χ2n) is 6.30. The molecule has 0 saturated carbocycles. The normalized spacial score (nSPS) is 10.3. The average Bonchev–Trinajstić information content (AvgIpc) is 2.65. The van der Waals surface area contributed by atoms with Gasteiger partial charge in [0.2, 0.25) is 5.91 Å². The number of benzene rings is 1. The SMILES string of the molecule is COc1ccc(OC)c(CCNC(=O)CNC(=O)c2c(C)cc(C)[nH]c2=S)c1. The van der Waals surface area contributed by atoms with Crippen molar-refractivity contribution < 1.29 is 19.1 Å². The van der Waals surface area contributed by atoms with E-state index in [-0.39, 0.29) is 18.4 Å². The van der Waals surface area contributed by atoms with Crippen molar-refractivity contribution in [3.63, 3.8) is 0 Å². The summed E-state index contributed by atoms with van der Waals surface area (Å²) in [5.41, 5.74) is 2.95. The molecule has 2 rings (SSSR count). The number of ether oxygens (including phenoxy) is 2. The number of H-pyrrole nitrogens is 1. The van der Waals surface area contributed by atoms with Gasteiger partial charge in [-0.3, -0.25) is 9.59 Å². The molecule has 150 valence electrons. The summed E-state index contributed by atoms with van der Waals surface area (Å²) < 4.78 is 10.9. The molecule has 0 aliphatic heterocycles. The number of pyridine rings is 1. The third kappa shape index (κ3) is 5.56. The maximum absolute atomic E-state index is 12.3. The number of carbonyl (C=O) groups excluding carboxylic acids is 2. The van der Waals surface area contributed by atoms with Gasteiger partial charge in [-0.05, 0) is 55.7 Å². The highest BCUT2D eigenvalue weighted by atomic mass is 32.1. The molecule has 0 spiro atoms. The summed E-state index contributed by atoms with van der Waals surface area (Å²) in [5.74, 6) is 0.796. The number of hydrogen-bond acceptors (Lipinski definition) is 5. The van der Waals surface area contributed by atoms with Crippen molar-refractivity contribution in [1.29, 1.82) is 0 Å². The molecular formula is C20H25N3O4S. The Morgan fingerprint density at radius 2 is 1.86 bits per heavy atom. The summed E-state index contributed by atoms with van der Waals surface area (Å²) in [5, 5.41) is 5.39. The maximum atomic E-state index is 12.3. The summed E-state index contributed by atoms with van der Waals surface area (Å²) >= 11 is 5.21. The number of aryl methyl sites for hydroxylation is 2. The standard InChI is InChI=1S/C20H25N3O4S/c1-12-9-13(2)23-20(28)18(12)19(25)22-11-17(24)21-8-7-14-10-15(26-3)5-6-16(14)27-4/h5-6,9-10H,7-8,11H2,1-4H3,(H,21,24)(H,22,25)(H,23,28). The lowest BCUT2D eigenvalue weighted by Crippen LogP contribution is -2.38. The summed E-state index contributed by atoms with van der Waals surface area (Å²) in [4.78, 5) is 27.4. The lowest BCUT2D eigenvalue weighted by molar-refractivity contribution is -0.120. The summed E-state index contributed by atoms with van der Waals surface area (Å²) in [6, 6.07) is 7.35. The van der Waals surface area contributed by atoms with Gasteiger partial charge >= 0.3 is 0 Å². The first kappa shape index (κ1) is 21.4. The minimum Gasteiger partial charge on any atom is -0.497 e. The van der Waals surface area contributed by atoms with Gasteiger partial charge in [0.25, 0.3) is 5.91 Å². The molecule has 1 heterocycles. The van der Waals surface area contributed by atoms with Crippen LogP contribution in [0.15, 0.2) is 24.3 Å². The fourth-order valence-corrected chi connectivity index (χ4v) is 3.28. The molecule has 3 N–H and O–H groups in total. The van der Waals surface area contributed by atoms with E-state index in [1.807, 2.05) is 38.1 Å². The monoisotopic (exact) mass is 403 g/mol. The second kappa shape index (κ2) is 9.89. The molecule has 1 aromatic heterocycles. The zero-order valence-corrected chi connectivity index (χ0v) is 17.3. The highest BCUT2D eigenvalue weighted by Gasteiger charge is 2.13. The first-order valence-corrected chi connectivity index (χ1v) is 9.22. The molecule has 0 unspecified atom stereocenters. The van der Waals surface area contributed by atoms with Crippen LogP contribution in [0.2, 0.25) is 0 Å². The number of aromatic amines is 1. The van der Waals surface area contributed by atoms with Crippen LogP contribution in [0.1, 0.15) is 27.2 Å². The number of rotatable bonds is 8. The van der Waals surface area contributed by atoms with Crippen molar-refractivity contribution in [2.45, 2.75) is 20.3 Å². The van der Waals surface area contributed by atoms with Gasteiger partial charge in [-0.1, -0.05) is 12.2 Å². The van der Waals surface area contributed by atoms with Gasteiger partial charge in [0.1, 0.15) is 16.1 Å². The Kier molecular flexibility index (Phi) is 7.57. The van der Waals surface area contributed by atoms with Crippen molar-refractivity contribution in [1.82, 2.24) is 15.6 Å². The van der Waals surface area contributed by atoms with E-state index in [1.165, 1.54) is 0 Å². The molecule has 2 amide bonds. The molecular weight excluding hydrogens is 378 g/mol. The van der Waals surface area contributed by atoms with E-state index < -0.39 is 0 Å². The van der Waals surface area contributed by atoms with Gasteiger partial charge in [-0.15, -0.1) is 0 Å². The van der Waals surface area contributed by atoms with E-state index in [0.29, 0.717) is 23.2 Å². The number of methoxy groups -OCH3 is 2. The molecule has 0 fully saturated rings. The summed E-state index contributed by atoms with van der Waals surface area (Å²) in [6.45, 7) is 3.96. The molecule has 0 atom stereocenters. The van der Waals surface area contributed by atoms with Crippen LogP contribution in [-0.2, 0) is 11.2 Å². The van der Waals surface area contributed by atoms with Crippen molar-refractivity contribution in [2.24, 2.45) is 0 Å². The summed E-state index contributed by atoms with van der Waals surface area (Å²) in [6.07, 6.45) is 0.572. The van der Waals surface area contributed by atoms with Crippen LogP contribution in [-0.4, -0.2) is 44.1 Å². The molecule has 8 heteroatoms. The van der Waals surface area contributed by atoms with Gasteiger partial charge < -0.3 is 25.1 Å². The Morgan fingerprint density at radius 1 is 1.11 bits per heavy atom. The molecule has 1 aromatic carbocycles. The van der Waals surface area contributed by atoms with Crippen LogP contribution >= 0.6 is 12.2 Å². The zero-order chi connectivity index (χ0) is 20.7. The van der Waals surface area contributed by atoms with E-state index in [9.17, 15) is 9.59 Å². The van der Waals surface area contributed by atoms with Crippen LogP contribution in [0, 0.1) is 18.5 Å². The highest BCUT2D eigenvalue weighted by Crippen LogP contribution is 2.24. The Balaban J connectivity index is 1.87. The third-order valence-corrected chi connectivity index (χ3v) is 4.51. The number of amides is 2. The zero-order valence-electron chi connectivity index (χ0n) is 16.5. The van der Waals surface area contributed by atoms with E-state index in [2.05, 4.69) is 15.6 Å². The number of carbonyl (C=O) groups is 2.